The summed E-state index contributed by atoms with van der Waals surface area (Å²) in [5, 5.41) is 10.4. The fraction of sp³-hybridized carbons (Fsp3) is 0.455. The van der Waals surface area contributed by atoms with Crippen molar-refractivity contribution in [1.82, 2.24) is 30.7 Å². The highest BCUT2D eigenvalue weighted by Crippen LogP contribution is 2.39. The van der Waals surface area contributed by atoms with E-state index in [2.05, 4.69) is 57.5 Å². The Morgan fingerprint density at radius 1 is 0.423 bits per heavy atom. The van der Waals surface area contributed by atoms with E-state index >= 15 is 0 Å². The number of nitrogens with one attached hydrogen (secondary N) is 3. The average molecular weight is 1570 g/mol. The number of carbonyl (C=O) groups excluding carboxylic acids is 6. The van der Waals surface area contributed by atoms with Crippen LogP contribution in [0, 0.1) is 56.0 Å². The lowest BCUT2D eigenvalue weighted by Crippen LogP contribution is -2.57. The monoisotopic (exact) mass is 1560 g/mol. The van der Waals surface area contributed by atoms with Crippen molar-refractivity contribution in [1.29, 1.82) is 0 Å². The second-order valence-corrected chi connectivity index (χ2v) is 27.5. The van der Waals surface area contributed by atoms with Gasteiger partial charge in [-0.3, -0.25) is 43.5 Å². The van der Waals surface area contributed by atoms with Crippen molar-refractivity contribution < 1.29 is 56.1 Å². The van der Waals surface area contributed by atoms with E-state index in [-0.39, 0.29) is 96.8 Å². The number of piperazine rings is 3. The molecule has 3 aliphatic heterocycles. The Morgan fingerprint density at radius 2 is 0.673 bits per heavy atom. The van der Waals surface area contributed by atoms with Crippen LogP contribution in [0.25, 0.3) is 0 Å². The third-order valence-corrected chi connectivity index (χ3v) is 19.0. The number of aryl methyl sites for hydroxylation is 3. The molecule has 3 N–H and O–H groups in total. The molecule has 104 heavy (non-hydrogen) atoms. The number of alkyl halides is 3. The van der Waals surface area contributed by atoms with Crippen LogP contribution >= 0.6 is 72.0 Å². The van der Waals surface area contributed by atoms with Gasteiger partial charge >= 0.3 is 0 Å². The number of benzene rings is 6. The van der Waals surface area contributed by atoms with Crippen LogP contribution in [0.1, 0.15) is 107 Å². The molecule has 3 saturated heterocycles. The third-order valence-electron chi connectivity index (χ3n) is 18.3. The summed E-state index contributed by atoms with van der Waals surface area (Å²) in [6.45, 7) is 27.2. The predicted octanol–water partition coefficient (Wildman–Crippen LogP) is 13.8. The number of rotatable bonds is 22. The Labute approximate surface area is 644 Å². The Morgan fingerprint density at radius 3 is 0.894 bits per heavy atom. The summed E-state index contributed by atoms with van der Waals surface area (Å²) in [5.74, 6) is -1.06. The average Bonchev–Trinajstić information content (AvgIpc) is 0.790. The molecule has 18 nitrogen and oxygen atoms in total. The SMILES string of the molecule is COc1ccc(N(C(=O)CCl)[C@@H](C(=O)N2CCN[C@@H](C(C)C)C2)c2ccc(F)cc2)c(C)c1.COc1ccc(N(C(=O)CCl)[C@H](C(=O)N2CCN[C@@H](C(C)C)C2)c2ccc(F)cc2)c(C)c1.Cc1cc(OC(C)C)ccc1N(C(=O)CCl)[C@H](C(=O)N1CCN[C@@H](C(C)C)C1)c1ccc(F)cc1.Cl.Cl.Cl. The highest BCUT2D eigenvalue weighted by molar-refractivity contribution is 6.31. The number of ether oxygens (including phenoxy) is 3. The molecule has 0 spiro atoms. The quantitative estimate of drug-likeness (QED) is 0.0547. The van der Waals surface area contributed by atoms with E-state index in [0.29, 0.717) is 128 Å². The first-order chi connectivity index (χ1) is 48.1. The molecule has 0 aromatic heterocycles. The number of halogens is 9. The molecule has 3 aliphatic rings. The molecular weight excluding hydrogens is 1460 g/mol. The van der Waals surface area contributed by atoms with Crippen molar-refractivity contribution in [2.45, 2.75) is 119 Å². The van der Waals surface area contributed by atoms with Crippen molar-refractivity contribution in [3.05, 3.63) is 178 Å². The number of amides is 6. The van der Waals surface area contributed by atoms with Crippen LogP contribution in [0.5, 0.6) is 17.2 Å². The van der Waals surface area contributed by atoms with Gasteiger partial charge < -0.3 is 44.9 Å². The molecule has 9 rings (SSSR count). The van der Waals surface area contributed by atoms with Crippen molar-refractivity contribution in [2.24, 2.45) is 17.8 Å². The van der Waals surface area contributed by atoms with Gasteiger partial charge in [-0.15, -0.1) is 72.0 Å². The maximum Gasteiger partial charge on any atom is 0.250 e. The van der Waals surface area contributed by atoms with Gasteiger partial charge in [0, 0.05) is 94.1 Å². The number of hydrogen-bond acceptors (Lipinski definition) is 12. The molecule has 27 heteroatoms. The van der Waals surface area contributed by atoms with E-state index in [1.807, 2.05) is 40.7 Å². The van der Waals surface area contributed by atoms with Gasteiger partial charge in [0.2, 0.25) is 17.7 Å². The van der Waals surface area contributed by atoms with Crippen molar-refractivity contribution in [3.63, 3.8) is 0 Å². The van der Waals surface area contributed by atoms with Gasteiger partial charge in [-0.2, -0.15) is 0 Å². The third kappa shape index (κ3) is 23.2. The van der Waals surface area contributed by atoms with Crippen LogP contribution in [0.15, 0.2) is 127 Å². The van der Waals surface area contributed by atoms with Gasteiger partial charge in [0.25, 0.3) is 17.7 Å². The first-order valence-corrected chi connectivity index (χ1v) is 35.8. The van der Waals surface area contributed by atoms with Crippen LogP contribution in [-0.4, -0.2) is 165 Å². The van der Waals surface area contributed by atoms with E-state index in [1.54, 1.807) is 114 Å². The molecule has 6 aromatic carbocycles. The number of hydrogen-bond donors (Lipinski definition) is 3. The highest BCUT2D eigenvalue weighted by Gasteiger charge is 2.42. The summed E-state index contributed by atoms with van der Waals surface area (Å²) in [4.78, 5) is 91.3. The molecule has 6 amide bonds. The van der Waals surface area contributed by atoms with Gasteiger partial charge in [-0.1, -0.05) is 77.9 Å². The minimum atomic E-state index is -0.983. The number of nitrogens with zero attached hydrogens (tertiary/aromatic N) is 6. The second kappa shape index (κ2) is 42.3. The molecule has 6 aromatic rings. The summed E-state index contributed by atoms with van der Waals surface area (Å²) in [5.41, 5.74) is 5.52. The molecule has 3 fully saturated rings. The summed E-state index contributed by atoms with van der Waals surface area (Å²) in [6, 6.07) is 30.6. The molecule has 0 unspecified atom stereocenters. The van der Waals surface area contributed by atoms with E-state index in [9.17, 15) is 41.9 Å². The van der Waals surface area contributed by atoms with E-state index < -0.39 is 53.3 Å². The minimum absolute atomic E-state index is 0. The Bertz CT molecular complexity index is 3620. The summed E-state index contributed by atoms with van der Waals surface area (Å²) < 4.78 is 57.6. The molecular formula is C77H100Cl6F3N9O9. The Hall–Kier alpha value is -7.05. The summed E-state index contributed by atoms with van der Waals surface area (Å²) in [7, 11) is 3.13. The Balaban J connectivity index is 0.000000326. The van der Waals surface area contributed by atoms with E-state index in [1.165, 1.54) is 51.1 Å². The first kappa shape index (κ1) is 89.3. The van der Waals surface area contributed by atoms with Crippen molar-refractivity contribution in [2.75, 3.05) is 105 Å². The van der Waals surface area contributed by atoms with E-state index in [0.717, 1.165) is 16.7 Å². The van der Waals surface area contributed by atoms with Gasteiger partial charge in [0.1, 0.15) is 70.5 Å². The zero-order valence-electron chi connectivity index (χ0n) is 61.2. The fourth-order valence-electron chi connectivity index (χ4n) is 12.7. The van der Waals surface area contributed by atoms with Gasteiger partial charge in [-0.25, -0.2) is 13.2 Å². The van der Waals surface area contributed by atoms with E-state index in [4.69, 9.17) is 49.0 Å². The fourth-order valence-corrected chi connectivity index (χ4v) is 13.1. The molecule has 3 heterocycles. The van der Waals surface area contributed by atoms with Crippen molar-refractivity contribution >= 4 is 125 Å². The zero-order valence-corrected chi connectivity index (χ0v) is 66.0. The highest BCUT2D eigenvalue weighted by atomic mass is 35.5. The smallest absolute Gasteiger partial charge is 0.250 e. The van der Waals surface area contributed by atoms with Crippen LogP contribution in [0.3, 0.4) is 0 Å². The zero-order chi connectivity index (χ0) is 73.9. The maximum atomic E-state index is 14.1. The first-order valence-electron chi connectivity index (χ1n) is 34.2. The summed E-state index contributed by atoms with van der Waals surface area (Å²) >= 11 is 18.1. The lowest BCUT2D eigenvalue weighted by atomic mass is 9.98. The molecule has 6 atom stereocenters. The normalized spacial score (nSPS) is 16.5. The molecule has 0 saturated carbocycles. The maximum absolute atomic E-state index is 14.1. The van der Waals surface area contributed by atoms with Crippen molar-refractivity contribution in [3.8, 4) is 17.2 Å². The Kier molecular flexibility index (Phi) is 36.4. The van der Waals surface area contributed by atoms with Crippen LogP contribution in [0.4, 0.5) is 30.2 Å². The molecule has 570 valence electrons. The molecule has 0 radical (unpaired) electrons. The lowest BCUT2D eigenvalue weighted by molar-refractivity contribution is -0.136. The lowest BCUT2D eigenvalue weighted by Gasteiger charge is -2.40. The summed E-state index contributed by atoms with van der Waals surface area (Å²) in [6.07, 6.45) is -0.00372. The number of anilines is 3. The standard InChI is InChI=1S/C27H35ClFN3O3.2C25H31ClFN3O3.3ClH/c1-17(2)23-16-31(13-12-30-23)27(34)26(20-6-8-21(29)9-7-20)32(25(33)15-28)24-11-10-22(14-19(24)5)35-18(3)4;2*1-16(2)21-15-29(12-11-28-21)25(32)24(18-5-7-19(27)8-6-18)30(23(31)14-26)22-10-9-20(33-4)13-17(22)3;;;/h6-11,14,17-18,23,26,30H,12-13,15-16H2,1-5H3;2*5-10,13,16,21,24,28H,11-12,14-15H2,1-4H3;3*1H/t23-,26+;21-,24+;21-,24-;;;/m111.../s1. The van der Waals surface area contributed by atoms with Gasteiger partial charge in [0.15, 0.2) is 0 Å². The van der Waals surface area contributed by atoms with Gasteiger partial charge in [0.05, 0.1) is 20.3 Å². The topological polar surface area (TPSA) is 186 Å². The molecule has 0 aliphatic carbocycles. The van der Waals surface area contributed by atoms with Crippen LogP contribution in [0.2, 0.25) is 0 Å². The number of carbonyl (C=O) groups is 6. The van der Waals surface area contributed by atoms with Crippen LogP contribution < -0.4 is 44.9 Å². The molecule has 0 bridgehead atoms. The van der Waals surface area contributed by atoms with Gasteiger partial charge in [-0.05, 0) is 177 Å². The second-order valence-electron chi connectivity index (χ2n) is 26.7. The number of methoxy groups -OCH3 is 2. The minimum Gasteiger partial charge on any atom is -0.497 e. The predicted molar refractivity (Wildman–Crippen MR) is 416 cm³/mol. The van der Waals surface area contributed by atoms with Crippen LogP contribution in [-0.2, 0) is 28.8 Å². The largest absolute Gasteiger partial charge is 0.497 e.